The Morgan fingerprint density at radius 2 is 0.926 bits per heavy atom. The smallest absolute Gasteiger partial charge is 0.416 e. The van der Waals surface area contributed by atoms with Crippen LogP contribution in [0, 0.1) is 0 Å². The van der Waals surface area contributed by atoms with Crippen molar-refractivity contribution in [3.63, 3.8) is 0 Å². The molecular weight excluding hydrogens is 888 g/mol. The van der Waals surface area contributed by atoms with Gasteiger partial charge in [0.15, 0.2) is 0 Å². The van der Waals surface area contributed by atoms with Crippen LogP contribution in [0.3, 0.4) is 0 Å². The highest BCUT2D eigenvalue weighted by atomic mass is 19.4. The van der Waals surface area contributed by atoms with Crippen molar-refractivity contribution in [2.24, 2.45) is 0 Å². The predicted octanol–water partition coefficient (Wildman–Crippen LogP) is 9.67. The van der Waals surface area contributed by atoms with Crippen molar-refractivity contribution in [2.75, 3.05) is 26.4 Å². The first-order valence-corrected chi connectivity index (χ1v) is 22.1. The summed E-state index contributed by atoms with van der Waals surface area (Å²) in [6.45, 7) is 7.81. The van der Waals surface area contributed by atoms with Crippen LogP contribution >= 0.6 is 0 Å². The highest BCUT2D eigenvalue weighted by Gasteiger charge is 2.53. The fourth-order valence-electron chi connectivity index (χ4n) is 7.24. The van der Waals surface area contributed by atoms with E-state index in [2.05, 4.69) is 13.2 Å². The second-order valence-corrected chi connectivity index (χ2v) is 15.8. The predicted molar refractivity (Wildman–Crippen MR) is 244 cm³/mol. The molecule has 0 radical (unpaired) electrons. The van der Waals surface area contributed by atoms with Crippen LogP contribution in [-0.2, 0) is 50.8 Å². The summed E-state index contributed by atoms with van der Waals surface area (Å²) < 4.78 is 72.9. The van der Waals surface area contributed by atoms with Crippen molar-refractivity contribution >= 4 is 57.2 Å². The number of imide groups is 1. The van der Waals surface area contributed by atoms with E-state index in [1.807, 2.05) is 0 Å². The van der Waals surface area contributed by atoms with Gasteiger partial charge in [0.1, 0.15) is 11.5 Å². The van der Waals surface area contributed by atoms with E-state index < -0.39 is 66.2 Å². The molecule has 0 spiro atoms. The normalized spacial score (nSPS) is 14.7. The molecule has 1 saturated heterocycles. The Labute approximate surface area is 390 Å². The van der Waals surface area contributed by atoms with E-state index in [9.17, 15) is 41.9 Å². The number of hydrogen-bond donors (Lipinski definition) is 0. The molecule has 0 aromatic heterocycles. The molecule has 0 N–H and O–H groups in total. The summed E-state index contributed by atoms with van der Waals surface area (Å²) >= 11 is 0. The Bertz CT molecular complexity index is 2490. The molecule has 1 aliphatic heterocycles. The SMILES string of the molecule is C=CC(=O)OCCCCCCOc1ccc2cc(C(=O)O[C@H]3C(=O)N(Cc4ccc(C(F)(F)F)cc4)C(=O)[C@@H]3OC(=O)c3ccc4cc(OCCCCCCOC(=O)C=C)ccc4c3)ccc2c1. The lowest BCUT2D eigenvalue weighted by atomic mass is 10.1. The molecule has 16 heteroatoms. The van der Waals surface area contributed by atoms with E-state index in [-0.39, 0.29) is 16.7 Å². The number of halogens is 3. The van der Waals surface area contributed by atoms with Crippen molar-refractivity contribution in [1.82, 2.24) is 4.90 Å². The zero-order chi connectivity index (χ0) is 48.6. The quantitative estimate of drug-likeness (QED) is 0.0190. The maximum atomic E-state index is 13.9. The minimum atomic E-state index is -4.62. The number of carbonyl (C=O) groups is 6. The minimum Gasteiger partial charge on any atom is -0.494 e. The van der Waals surface area contributed by atoms with Crippen LogP contribution in [0.25, 0.3) is 21.5 Å². The molecule has 13 nitrogen and oxygen atoms in total. The van der Waals surface area contributed by atoms with E-state index in [4.69, 9.17) is 28.4 Å². The van der Waals surface area contributed by atoms with Crippen LogP contribution in [-0.4, -0.2) is 79.2 Å². The van der Waals surface area contributed by atoms with Gasteiger partial charge in [-0.25, -0.2) is 19.2 Å². The van der Waals surface area contributed by atoms with Gasteiger partial charge in [-0.05, 0) is 139 Å². The Morgan fingerprint density at radius 3 is 1.34 bits per heavy atom. The number of unbranched alkanes of at least 4 members (excludes halogenated alkanes) is 6. The second kappa shape index (κ2) is 23.8. The summed E-state index contributed by atoms with van der Waals surface area (Å²) in [5.41, 5.74) is -0.712. The zero-order valence-corrected chi connectivity index (χ0v) is 37.1. The number of rotatable bonds is 24. The molecule has 0 saturated carbocycles. The van der Waals surface area contributed by atoms with Crippen LogP contribution in [0.1, 0.15) is 83.2 Å². The summed E-state index contributed by atoms with van der Waals surface area (Å²) in [5.74, 6) is -3.74. The lowest BCUT2D eigenvalue weighted by Gasteiger charge is -2.17. The van der Waals surface area contributed by atoms with Gasteiger partial charge in [-0.3, -0.25) is 14.5 Å². The molecule has 68 heavy (non-hydrogen) atoms. The number of fused-ring (bicyclic) bond motifs is 2. The molecule has 0 unspecified atom stereocenters. The van der Waals surface area contributed by atoms with Crippen molar-refractivity contribution in [1.29, 1.82) is 0 Å². The maximum absolute atomic E-state index is 13.9. The molecule has 5 aromatic carbocycles. The lowest BCUT2D eigenvalue weighted by molar-refractivity contribution is -0.142. The number of likely N-dealkylation sites (tertiary alicyclic amines) is 1. The highest BCUT2D eigenvalue weighted by molar-refractivity contribution is 6.10. The minimum absolute atomic E-state index is 0.0260. The lowest BCUT2D eigenvalue weighted by Crippen LogP contribution is -2.37. The van der Waals surface area contributed by atoms with Crippen LogP contribution in [0.15, 0.2) is 122 Å². The molecule has 5 aromatic rings. The number of amides is 2. The van der Waals surface area contributed by atoms with Crippen molar-refractivity contribution < 1.29 is 70.4 Å². The summed E-state index contributed by atoms with van der Waals surface area (Å²) in [6, 6.07) is 23.7. The summed E-state index contributed by atoms with van der Waals surface area (Å²) in [7, 11) is 0. The summed E-state index contributed by atoms with van der Waals surface area (Å²) in [5, 5.41) is 2.73. The summed E-state index contributed by atoms with van der Waals surface area (Å²) in [4.78, 5) is 78.1. The number of ether oxygens (including phenoxy) is 6. The van der Waals surface area contributed by atoms with E-state index >= 15 is 0 Å². The van der Waals surface area contributed by atoms with E-state index in [1.165, 1.54) is 24.3 Å². The second-order valence-electron chi connectivity index (χ2n) is 15.8. The molecular formula is C52H50F3NO12. The van der Waals surface area contributed by atoms with Gasteiger partial charge in [-0.15, -0.1) is 0 Å². The first kappa shape index (κ1) is 49.9. The van der Waals surface area contributed by atoms with Crippen LogP contribution < -0.4 is 9.47 Å². The molecule has 6 rings (SSSR count). The first-order valence-electron chi connectivity index (χ1n) is 22.1. The van der Waals surface area contributed by atoms with Gasteiger partial charge in [0.05, 0.1) is 49.7 Å². The fraction of sp³-hybridized carbons (Fsp3) is 0.308. The third-order valence-corrected chi connectivity index (χ3v) is 10.9. The molecule has 1 aliphatic rings. The summed E-state index contributed by atoms with van der Waals surface area (Å²) in [6.07, 6.45) is 0.270. The van der Waals surface area contributed by atoms with Crippen molar-refractivity contribution in [3.8, 4) is 11.5 Å². The number of benzene rings is 5. The molecule has 1 fully saturated rings. The Balaban J connectivity index is 1.10. The topological polar surface area (TPSA) is 161 Å². The molecule has 0 aliphatic carbocycles. The molecule has 2 amide bonds. The van der Waals surface area contributed by atoms with Gasteiger partial charge in [0.2, 0.25) is 12.2 Å². The molecule has 1 heterocycles. The van der Waals surface area contributed by atoms with E-state index in [1.54, 1.807) is 48.5 Å². The zero-order valence-electron chi connectivity index (χ0n) is 37.1. The average molecular weight is 938 g/mol. The molecule has 2 atom stereocenters. The third-order valence-electron chi connectivity index (χ3n) is 10.9. The number of carbonyl (C=O) groups excluding carboxylic acids is 6. The molecule has 356 valence electrons. The first-order chi connectivity index (χ1) is 32.7. The van der Waals surface area contributed by atoms with Crippen LogP contribution in [0.2, 0.25) is 0 Å². The van der Waals surface area contributed by atoms with E-state index in [0.717, 1.165) is 98.6 Å². The largest absolute Gasteiger partial charge is 0.494 e. The monoisotopic (exact) mass is 937 g/mol. The van der Waals surface area contributed by atoms with Gasteiger partial charge in [0.25, 0.3) is 11.8 Å². The van der Waals surface area contributed by atoms with Crippen LogP contribution in [0.4, 0.5) is 13.2 Å². The standard InChI is InChI=1S/C52H50F3NO12/c1-3-44(57)65-27-11-7-5-9-25-63-42-23-19-35-29-39(17-15-37(35)31-42)50(61)67-46-47(49(60)56(48(46)59)33-34-13-21-41(22-14-34)52(53,54)55)68-51(62)40-18-16-38-32-43(24-20-36(38)30-40)64-26-10-6-8-12-28-66-45(58)4-2/h3-4,13-24,29-32,46-47H,1-2,5-12,25-28,33H2/t46-,47-/m1/s1. The highest BCUT2D eigenvalue weighted by Crippen LogP contribution is 2.31. The van der Waals surface area contributed by atoms with Gasteiger partial charge in [0, 0.05) is 12.2 Å². The molecule has 0 bridgehead atoms. The van der Waals surface area contributed by atoms with Crippen LogP contribution in [0.5, 0.6) is 11.5 Å². The maximum Gasteiger partial charge on any atom is 0.416 e. The Morgan fingerprint density at radius 1 is 0.529 bits per heavy atom. The van der Waals surface area contributed by atoms with Gasteiger partial charge < -0.3 is 28.4 Å². The number of alkyl halides is 3. The fourth-order valence-corrected chi connectivity index (χ4v) is 7.24. The van der Waals surface area contributed by atoms with Crippen molar-refractivity contribution in [2.45, 2.75) is 76.3 Å². The average Bonchev–Trinajstić information content (AvgIpc) is 3.54. The number of esters is 4. The Hall–Kier alpha value is -7.49. The number of nitrogens with zero attached hydrogens (tertiary/aromatic N) is 1. The van der Waals surface area contributed by atoms with Crippen molar-refractivity contribution in [3.05, 3.63) is 145 Å². The van der Waals surface area contributed by atoms with E-state index in [0.29, 0.717) is 53.6 Å². The third kappa shape index (κ3) is 13.8. The Kier molecular flexibility index (Phi) is 17.5. The van der Waals surface area contributed by atoms with Gasteiger partial charge in [-0.2, -0.15) is 13.2 Å². The van der Waals surface area contributed by atoms with Gasteiger partial charge >= 0.3 is 30.1 Å². The number of hydrogen-bond acceptors (Lipinski definition) is 12. The van der Waals surface area contributed by atoms with Gasteiger partial charge in [-0.1, -0.05) is 49.6 Å².